The first-order valence-corrected chi connectivity index (χ1v) is 9.14. The topological polar surface area (TPSA) is 114 Å². The Kier molecular flexibility index (Phi) is 5.33. The number of hydrogen-bond donors (Lipinski definition) is 2. The van der Waals surface area contributed by atoms with E-state index in [1.165, 1.54) is 6.20 Å². The number of hydrogen-bond acceptors (Lipinski definition) is 9. The van der Waals surface area contributed by atoms with Gasteiger partial charge >= 0.3 is 0 Å². The van der Waals surface area contributed by atoms with Crippen LogP contribution in [0.25, 0.3) is 10.9 Å². The average Bonchev–Trinajstić information content (AvgIpc) is 2.79. The number of nitrogens with zero attached hydrogens (tertiary/aromatic N) is 6. The van der Waals surface area contributed by atoms with E-state index in [-0.39, 0.29) is 5.82 Å². The molecule has 1 aromatic carbocycles. The molecule has 0 atom stereocenters. The Labute approximate surface area is 173 Å². The molecular weight excluding hydrogens is 380 g/mol. The number of methoxy groups -OCH3 is 1. The van der Waals surface area contributed by atoms with Crippen LogP contribution < -0.4 is 20.8 Å². The summed E-state index contributed by atoms with van der Waals surface area (Å²) in [5, 5.41) is 9.82. The van der Waals surface area contributed by atoms with Crippen molar-refractivity contribution in [3.63, 3.8) is 0 Å². The Morgan fingerprint density at radius 2 is 1.97 bits per heavy atom. The van der Waals surface area contributed by atoms with E-state index in [0.717, 1.165) is 16.5 Å². The lowest BCUT2D eigenvalue weighted by molar-refractivity contribution is 0.415. The molecule has 3 aromatic heterocycles. The largest absolute Gasteiger partial charge is 0.493 e. The van der Waals surface area contributed by atoms with Gasteiger partial charge < -0.3 is 15.8 Å². The van der Waals surface area contributed by atoms with Crippen molar-refractivity contribution in [2.45, 2.75) is 6.54 Å². The molecule has 0 spiro atoms. The number of hydrazone groups is 1. The van der Waals surface area contributed by atoms with Gasteiger partial charge in [0.1, 0.15) is 0 Å². The van der Waals surface area contributed by atoms with E-state index in [2.05, 4.69) is 37.1 Å². The van der Waals surface area contributed by atoms with Gasteiger partial charge in [0.05, 0.1) is 25.4 Å². The molecule has 3 N–H and O–H groups in total. The molecule has 0 aliphatic heterocycles. The van der Waals surface area contributed by atoms with Gasteiger partial charge in [0, 0.05) is 24.5 Å². The van der Waals surface area contributed by atoms with Crippen LogP contribution in [0.15, 0.2) is 66.2 Å². The van der Waals surface area contributed by atoms with Crippen LogP contribution in [0.4, 0.5) is 23.3 Å². The second-order valence-electron chi connectivity index (χ2n) is 6.37. The first kappa shape index (κ1) is 19.1. The van der Waals surface area contributed by atoms with E-state index in [1.807, 2.05) is 30.3 Å². The minimum atomic E-state index is 0.239. The zero-order valence-corrected chi connectivity index (χ0v) is 16.4. The Hall–Kier alpha value is -4.27. The van der Waals surface area contributed by atoms with E-state index >= 15 is 0 Å². The third kappa shape index (κ3) is 3.95. The van der Waals surface area contributed by atoms with Gasteiger partial charge in [0.25, 0.3) is 0 Å². The summed E-state index contributed by atoms with van der Waals surface area (Å²) in [6.07, 6.45) is 4.95. The fourth-order valence-electron chi connectivity index (χ4n) is 3.00. The quantitative estimate of drug-likeness (QED) is 0.358. The zero-order valence-electron chi connectivity index (χ0n) is 16.4. The summed E-state index contributed by atoms with van der Waals surface area (Å²) in [6, 6.07) is 13.5. The van der Waals surface area contributed by atoms with Gasteiger partial charge in [-0.3, -0.25) is 4.98 Å². The smallest absolute Gasteiger partial charge is 0.194 e. The number of nitrogens with two attached hydrogens (primary N) is 1. The van der Waals surface area contributed by atoms with Crippen LogP contribution in [0, 0.1) is 0 Å². The maximum Gasteiger partial charge on any atom is 0.194 e. The summed E-state index contributed by atoms with van der Waals surface area (Å²) in [7, 11) is 1.57. The Morgan fingerprint density at radius 1 is 1.13 bits per heavy atom. The van der Waals surface area contributed by atoms with Crippen molar-refractivity contribution >= 4 is 40.9 Å². The number of rotatable bonds is 7. The second-order valence-corrected chi connectivity index (χ2v) is 6.37. The second kappa shape index (κ2) is 8.39. The minimum Gasteiger partial charge on any atom is -0.493 e. The van der Waals surface area contributed by atoms with E-state index < -0.39 is 0 Å². The first-order chi connectivity index (χ1) is 14.7. The van der Waals surface area contributed by atoms with Crippen molar-refractivity contribution in [1.82, 2.24) is 19.9 Å². The summed E-state index contributed by atoms with van der Waals surface area (Å²) in [5.41, 5.74) is 8.01. The Bertz CT molecular complexity index is 1200. The normalized spacial score (nSPS) is 10.6. The summed E-state index contributed by atoms with van der Waals surface area (Å²) in [6.45, 7) is 4.09. The van der Waals surface area contributed by atoms with E-state index in [4.69, 9.17) is 10.5 Å². The molecule has 0 aliphatic carbocycles. The van der Waals surface area contributed by atoms with Crippen molar-refractivity contribution in [2.24, 2.45) is 5.10 Å². The summed E-state index contributed by atoms with van der Waals surface area (Å²) in [5.74, 6) is 2.18. The van der Waals surface area contributed by atoms with E-state index in [1.54, 1.807) is 36.6 Å². The lowest BCUT2D eigenvalue weighted by atomic mass is 10.1. The Balaban J connectivity index is 1.62. The number of nitrogens with one attached hydrogen (secondary N) is 1. The molecule has 3 heterocycles. The maximum absolute atomic E-state index is 6.08. The van der Waals surface area contributed by atoms with Crippen LogP contribution >= 0.6 is 0 Å². The molecule has 0 unspecified atom stereocenters. The number of fused-ring (bicyclic) bond motifs is 1. The first-order valence-electron chi connectivity index (χ1n) is 9.14. The lowest BCUT2D eigenvalue weighted by Crippen LogP contribution is -2.19. The van der Waals surface area contributed by atoms with Crippen molar-refractivity contribution < 1.29 is 4.74 Å². The molecule has 30 heavy (non-hydrogen) atoms. The van der Waals surface area contributed by atoms with Crippen molar-refractivity contribution in [2.75, 3.05) is 23.2 Å². The summed E-state index contributed by atoms with van der Waals surface area (Å²) in [4.78, 5) is 17.4. The number of benzene rings is 1. The SMILES string of the molecule is C=NN(Cc1ccc2ncccc2c1)c1nc(Nc2ncccc2OC)cnc1N. The molecular formula is C21H20N8O. The van der Waals surface area contributed by atoms with Crippen molar-refractivity contribution in [3.05, 3.63) is 66.6 Å². The van der Waals surface area contributed by atoms with Crippen LogP contribution in [0.2, 0.25) is 0 Å². The monoisotopic (exact) mass is 400 g/mol. The van der Waals surface area contributed by atoms with Crippen LogP contribution in [0.3, 0.4) is 0 Å². The van der Waals surface area contributed by atoms with E-state index in [0.29, 0.717) is 29.7 Å². The summed E-state index contributed by atoms with van der Waals surface area (Å²) >= 11 is 0. The molecule has 4 aromatic rings. The molecule has 0 fully saturated rings. The molecule has 9 heteroatoms. The molecule has 0 aliphatic rings. The van der Waals surface area contributed by atoms with Crippen LogP contribution in [-0.4, -0.2) is 33.8 Å². The fourth-order valence-corrected chi connectivity index (χ4v) is 3.00. The minimum absolute atomic E-state index is 0.239. The molecule has 9 nitrogen and oxygen atoms in total. The highest BCUT2D eigenvalue weighted by Gasteiger charge is 2.15. The number of aromatic nitrogens is 4. The van der Waals surface area contributed by atoms with Crippen LogP contribution in [0.5, 0.6) is 5.75 Å². The highest BCUT2D eigenvalue weighted by Crippen LogP contribution is 2.27. The van der Waals surface area contributed by atoms with Gasteiger partial charge in [0.2, 0.25) is 0 Å². The van der Waals surface area contributed by atoms with Gasteiger partial charge in [-0.1, -0.05) is 12.1 Å². The molecule has 0 radical (unpaired) electrons. The van der Waals surface area contributed by atoms with E-state index in [9.17, 15) is 0 Å². The highest BCUT2D eigenvalue weighted by molar-refractivity contribution is 5.79. The van der Waals surface area contributed by atoms with Crippen molar-refractivity contribution in [3.8, 4) is 5.75 Å². The van der Waals surface area contributed by atoms with Crippen molar-refractivity contribution in [1.29, 1.82) is 0 Å². The molecule has 0 saturated carbocycles. The third-order valence-corrected chi connectivity index (χ3v) is 4.43. The predicted octanol–water partition coefficient (Wildman–Crippen LogP) is 3.38. The number of anilines is 4. The Morgan fingerprint density at radius 3 is 2.80 bits per heavy atom. The van der Waals surface area contributed by atoms with Crippen LogP contribution in [-0.2, 0) is 6.54 Å². The third-order valence-electron chi connectivity index (χ3n) is 4.43. The van der Waals surface area contributed by atoms with Gasteiger partial charge in [-0.15, -0.1) is 0 Å². The summed E-state index contributed by atoms with van der Waals surface area (Å²) < 4.78 is 5.31. The molecule has 0 bridgehead atoms. The van der Waals surface area contributed by atoms with Gasteiger partial charge in [-0.2, -0.15) is 5.10 Å². The standard InChI is InChI=1S/C21H20N8O/c1-23-29(13-14-7-8-16-15(11-14)5-3-9-24-16)21-19(22)26-12-18(28-21)27-20-17(30-2)6-4-10-25-20/h3-12H,1,13H2,2H3,(H2,22,26)(H,25,27,28). The van der Waals surface area contributed by atoms with Gasteiger partial charge in [-0.25, -0.2) is 20.0 Å². The van der Waals surface area contributed by atoms with Crippen LogP contribution in [0.1, 0.15) is 5.56 Å². The maximum atomic E-state index is 6.08. The van der Waals surface area contributed by atoms with Gasteiger partial charge in [0.15, 0.2) is 29.0 Å². The highest BCUT2D eigenvalue weighted by atomic mass is 16.5. The lowest BCUT2D eigenvalue weighted by Gasteiger charge is -2.20. The number of ether oxygens (including phenoxy) is 1. The average molecular weight is 400 g/mol. The fraction of sp³-hybridized carbons (Fsp3) is 0.0952. The zero-order chi connectivity index (χ0) is 20.9. The molecule has 0 amide bonds. The predicted molar refractivity (Wildman–Crippen MR) is 118 cm³/mol. The molecule has 0 saturated heterocycles. The number of nitrogen functional groups attached to an aromatic ring is 1. The van der Waals surface area contributed by atoms with Gasteiger partial charge in [-0.05, 0) is 35.9 Å². The number of pyridine rings is 2. The molecule has 4 rings (SSSR count). The molecule has 150 valence electrons.